The third-order valence-corrected chi connectivity index (χ3v) is 1.63. The molecule has 0 bridgehead atoms. The molecule has 1 unspecified atom stereocenters. The molecule has 0 amide bonds. The van der Waals surface area contributed by atoms with Gasteiger partial charge in [0.05, 0.1) is 18.1 Å². The van der Waals surface area contributed by atoms with E-state index < -0.39 is 12.1 Å². The van der Waals surface area contributed by atoms with Crippen molar-refractivity contribution in [2.24, 2.45) is 0 Å². The average molecular weight is 204 g/mol. The van der Waals surface area contributed by atoms with Gasteiger partial charge in [0.15, 0.2) is 0 Å². The molecule has 4 nitrogen and oxygen atoms in total. The van der Waals surface area contributed by atoms with Gasteiger partial charge in [0.1, 0.15) is 0 Å². The number of hydrogen-bond acceptors (Lipinski definition) is 3. The normalized spacial score (nSPS) is 14.0. The van der Waals surface area contributed by atoms with E-state index in [4.69, 9.17) is 9.84 Å². The fraction of sp³-hybridized carbons (Fsp3) is 0.900. The molecule has 2 N–H and O–H groups in total. The first-order valence-corrected chi connectivity index (χ1v) is 4.85. The highest BCUT2D eigenvalue weighted by Crippen LogP contribution is 2.09. The van der Waals surface area contributed by atoms with E-state index in [-0.39, 0.29) is 12.0 Å². The average Bonchev–Trinajstić information content (AvgIpc) is 1.95. The second kappa shape index (κ2) is 5.98. The van der Waals surface area contributed by atoms with E-state index in [2.05, 4.69) is 0 Å². The molecule has 0 heterocycles. The van der Waals surface area contributed by atoms with E-state index in [9.17, 15) is 9.90 Å². The zero-order valence-corrected chi connectivity index (χ0v) is 9.12. The van der Waals surface area contributed by atoms with Gasteiger partial charge in [-0.05, 0) is 33.6 Å². The molecule has 0 aromatic heterocycles. The summed E-state index contributed by atoms with van der Waals surface area (Å²) < 4.78 is 5.43. The second-order valence-electron chi connectivity index (χ2n) is 4.35. The van der Waals surface area contributed by atoms with Crippen LogP contribution in [-0.4, -0.2) is 34.5 Å². The molecular weight excluding hydrogens is 184 g/mol. The molecule has 0 aliphatic rings. The Hall–Kier alpha value is -0.610. The molecule has 0 saturated carbocycles. The lowest BCUT2D eigenvalue weighted by molar-refractivity contribution is -0.139. The summed E-state index contributed by atoms with van der Waals surface area (Å²) in [4.78, 5) is 10.2. The van der Waals surface area contributed by atoms with Gasteiger partial charge >= 0.3 is 5.97 Å². The number of rotatable bonds is 6. The summed E-state index contributed by atoms with van der Waals surface area (Å²) in [6.07, 6.45) is 0.222. The minimum Gasteiger partial charge on any atom is -0.481 e. The Labute approximate surface area is 84.9 Å². The third-order valence-electron chi connectivity index (χ3n) is 1.63. The molecule has 0 spiro atoms. The molecule has 0 radical (unpaired) electrons. The largest absolute Gasteiger partial charge is 0.481 e. The monoisotopic (exact) mass is 204 g/mol. The minimum absolute atomic E-state index is 0.169. The topological polar surface area (TPSA) is 66.8 Å². The lowest BCUT2D eigenvalue weighted by atomic mass is 10.1. The van der Waals surface area contributed by atoms with E-state index >= 15 is 0 Å². The Morgan fingerprint density at radius 3 is 2.43 bits per heavy atom. The van der Waals surface area contributed by atoms with Crippen LogP contribution in [0.1, 0.15) is 40.0 Å². The number of carboxylic acid groups (broad SMARTS) is 1. The van der Waals surface area contributed by atoms with Gasteiger partial charge in [0.2, 0.25) is 0 Å². The maximum Gasteiger partial charge on any atom is 0.305 e. The number of aliphatic hydroxyl groups excluding tert-OH is 1. The quantitative estimate of drug-likeness (QED) is 0.642. The highest BCUT2D eigenvalue weighted by atomic mass is 16.5. The van der Waals surface area contributed by atoms with Gasteiger partial charge in [-0.25, -0.2) is 0 Å². The molecule has 0 saturated heterocycles. The lowest BCUT2D eigenvalue weighted by Crippen LogP contribution is -2.21. The van der Waals surface area contributed by atoms with Crippen LogP contribution in [0.2, 0.25) is 0 Å². The molecule has 0 fully saturated rings. The predicted molar refractivity (Wildman–Crippen MR) is 53.2 cm³/mol. The summed E-state index contributed by atoms with van der Waals surface area (Å²) in [6.45, 7) is 6.43. The standard InChI is InChI=1S/C10H20O4/c1-10(2,3)14-6-4-5-8(11)7-9(12)13/h8,11H,4-7H2,1-3H3,(H,12,13). The highest BCUT2D eigenvalue weighted by Gasteiger charge is 2.11. The molecule has 4 heteroatoms. The van der Waals surface area contributed by atoms with E-state index in [0.717, 1.165) is 0 Å². The summed E-state index contributed by atoms with van der Waals surface area (Å²) in [5, 5.41) is 17.6. The molecular formula is C10H20O4. The number of carbonyl (C=O) groups is 1. The minimum atomic E-state index is -0.964. The molecule has 1 atom stereocenters. The van der Waals surface area contributed by atoms with Crippen LogP contribution in [0.25, 0.3) is 0 Å². The SMILES string of the molecule is CC(C)(C)OCCCC(O)CC(=O)O. The predicted octanol–water partition coefficient (Wildman–Crippen LogP) is 1.42. The van der Waals surface area contributed by atoms with Crippen molar-refractivity contribution in [3.63, 3.8) is 0 Å². The Balaban J connectivity index is 3.41. The Morgan fingerprint density at radius 1 is 1.43 bits per heavy atom. The summed E-state index contributed by atoms with van der Waals surface area (Å²) in [5.74, 6) is -0.964. The Kier molecular flexibility index (Phi) is 5.72. The Bertz CT molecular complexity index is 171. The fourth-order valence-electron chi connectivity index (χ4n) is 1.00. The maximum atomic E-state index is 10.2. The van der Waals surface area contributed by atoms with Crippen molar-refractivity contribution in [3.05, 3.63) is 0 Å². The van der Waals surface area contributed by atoms with Gasteiger partial charge in [-0.1, -0.05) is 0 Å². The van der Waals surface area contributed by atoms with Crippen molar-refractivity contribution in [1.82, 2.24) is 0 Å². The number of hydrogen-bond donors (Lipinski definition) is 2. The zero-order valence-electron chi connectivity index (χ0n) is 9.12. The van der Waals surface area contributed by atoms with Crippen LogP contribution in [0.3, 0.4) is 0 Å². The summed E-state index contributed by atoms with van der Waals surface area (Å²) >= 11 is 0. The molecule has 0 aromatic rings. The van der Waals surface area contributed by atoms with Gasteiger partial charge in [-0.2, -0.15) is 0 Å². The first kappa shape index (κ1) is 13.4. The number of ether oxygens (including phenoxy) is 1. The van der Waals surface area contributed by atoms with Crippen LogP contribution in [-0.2, 0) is 9.53 Å². The van der Waals surface area contributed by atoms with E-state index in [1.807, 2.05) is 20.8 Å². The number of aliphatic hydroxyl groups is 1. The number of aliphatic carboxylic acids is 1. The second-order valence-corrected chi connectivity index (χ2v) is 4.35. The first-order chi connectivity index (χ1) is 6.31. The maximum absolute atomic E-state index is 10.2. The molecule has 0 rings (SSSR count). The van der Waals surface area contributed by atoms with Gasteiger partial charge in [0, 0.05) is 6.61 Å². The van der Waals surface area contributed by atoms with Crippen LogP contribution in [0.4, 0.5) is 0 Å². The Morgan fingerprint density at radius 2 is 2.00 bits per heavy atom. The molecule has 84 valence electrons. The van der Waals surface area contributed by atoms with Gasteiger partial charge < -0.3 is 14.9 Å². The molecule has 14 heavy (non-hydrogen) atoms. The highest BCUT2D eigenvalue weighted by molar-refractivity contribution is 5.67. The van der Waals surface area contributed by atoms with Crippen molar-refractivity contribution in [2.75, 3.05) is 6.61 Å². The zero-order chi connectivity index (χ0) is 11.2. The first-order valence-electron chi connectivity index (χ1n) is 4.85. The van der Waals surface area contributed by atoms with Crippen LogP contribution in [0, 0.1) is 0 Å². The van der Waals surface area contributed by atoms with Crippen LogP contribution in [0.5, 0.6) is 0 Å². The van der Waals surface area contributed by atoms with Gasteiger partial charge in [0.25, 0.3) is 0 Å². The van der Waals surface area contributed by atoms with Crippen molar-refractivity contribution in [3.8, 4) is 0 Å². The molecule has 0 aliphatic heterocycles. The third kappa shape index (κ3) is 9.48. The van der Waals surface area contributed by atoms with Crippen molar-refractivity contribution < 1.29 is 19.7 Å². The van der Waals surface area contributed by atoms with Crippen molar-refractivity contribution in [1.29, 1.82) is 0 Å². The fourth-order valence-corrected chi connectivity index (χ4v) is 1.00. The summed E-state index contributed by atoms with van der Waals surface area (Å²) in [7, 11) is 0. The molecule has 0 aromatic carbocycles. The molecule has 0 aliphatic carbocycles. The van der Waals surface area contributed by atoms with Crippen LogP contribution >= 0.6 is 0 Å². The van der Waals surface area contributed by atoms with E-state index in [0.29, 0.717) is 19.4 Å². The summed E-state index contributed by atoms with van der Waals surface area (Å²) in [5.41, 5.74) is -0.169. The van der Waals surface area contributed by atoms with E-state index in [1.54, 1.807) is 0 Å². The van der Waals surface area contributed by atoms with Crippen LogP contribution in [0.15, 0.2) is 0 Å². The summed E-state index contributed by atoms with van der Waals surface area (Å²) in [6, 6.07) is 0. The van der Waals surface area contributed by atoms with Crippen molar-refractivity contribution >= 4 is 5.97 Å². The smallest absolute Gasteiger partial charge is 0.305 e. The van der Waals surface area contributed by atoms with Crippen molar-refractivity contribution in [2.45, 2.75) is 51.7 Å². The van der Waals surface area contributed by atoms with E-state index in [1.165, 1.54) is 0 Å². The lowest BCUT2D eigenvalue weighted by Gasteiger charge is -2.19. The van der Waals surface area contributed by atoms with Gasteiger partial charge in [-0.3, -0.25) is 4.79 Å². The van der Waals surface area contributed by atoms with Gasteiger partial charge in [-0.15, -0.1) is 0 Å². The number of carboxylic acids is 1. The van der Waals surface area contributed by atoms with Crippen LogP contribution < -0.4 is 0 Å².